The van der Waals surface area contributed by atoms with Crippen molar-refractivity contribution >= 4 is 23.6 Å². The molecular formula is C27H29N3O3S. The monoisotopic (exact) mass is 475 g/mol. The molecule has 3 aromatic rings. The predicted molar refractivity (Wildman–Crippen MR) is 133 cm³/mol. The first-order valence-electron chi connectivity index (χ1n) is 11.6. The van der Waals surface area contributed by atoms with Crippen molar-refractivity contribution in [2.75, 3.05) is 19.7 Å². The van der Waals surface area contributed by atoms with Crippen molar-refractivity contribution < 1.29 is 14.3 Å². The summed E-state index contributed by atoms with van der Waals surface area (Å²) in [5, 5.41) is 9.55. The first-order chi connectivity index (χ1) is 16.5. The summed E-state index contributed by atoms with van der Waals surface area (Å²) >= 11 is 1.59. The fourth-order valence-electron chi connectivity index (χ4n) is 4.02. The van der Waals surface area contributed by atoms with E-state index < -0.39 is 0 Å². The summed E-state index contributed by atoms with van der Waals surface area (Å²) in [6.07, 6.45) is 1.57. The van der Waals surface area contributed by atoms with Crippen LogP contribution in [-0.4, -0.2) is 46.7 Å². The first-order valence-corrected chi connectivity index (χ1v) is 12.6. The third-order valence-electron chi connectivity index (χ3n) is 5.88. The lowest BCUT2D eigenvalue weighted by Gasteiger charge is -2.31. The van der Waals surface area contributed by atoms with Gasteiger partial charge < -0.3 is 9.64 Å². The van der Waals surface area contributed by atoms with Gasteiger partial charge in [-0.15, -0.1) is 10.2 Å². The van der Waals surface area contributed by atoms with E-state index in [4.69, 9.17) is 4.74 Å². The van der Waals surface area contributed by atoms with E-state index in [1.54, 1.807) is 23.6 Å². The van der Waals surface area contributed by atoms with Crippen LogP contribution in [0.2, 0.25) is 0 Å². The van der Waals surface area contributed by atoms with Crippen molar-refractivity contribution in [3.8, 4) is 11.3 Å². The second-order valence-corrected chi connectivity index (χ2v) is 9.45. The Morgan fingerprint density at radius 2 is 1.91 bits per heavy atom. The molecule has 0 unspecified atom stereocenters. The molecule has 34 heavy (non-hydrogen) atoms. The summed E-state index contributed by atoms with van der Waals surface area (Å²) in [6, 6.07) is 19.9. The number of rotatable bonds is 7. The van der Waals surface area contributed by atoms with Gasteiger partial charge >= 0.3 is 5.97 Å². The molecule has 1 amide bonds. The zero-order chi connectivity index (χ0) is 23.9. The number of likely N-dealkylation sites (tertiary alicyclic amines) is 1. The van der Waals surface area contributed by atoms with Crippen LogP contribution in [0.25, 0.3) is 11.3 Å². The molecular weight excluding hydrogens is 446 g/mol. The van der Waals surface area contributed by atoms with Crippen LogP contribution in [0.3, 0.4) is 0 Å². The van der Waals surface area contributed by atoms with Gasteiger partial charge in [0.05, 0.1) is 18.2 Å². The van der Waals surface area contributed by atoms with Crippen molar-refractivity contribution in [2.24, 2.45) is 5.92 Å². The number of nitrogens with zero attached hydrogens (tertiary/aromatic N) is 3. The Kier molecular flexibility index (Phi) is 7.95. The molecule has 6 nitrogen and oxygen atoms in total. The van der Waals surface area contributed by atoms with E-state index in [0.717, 1.165) is 34.7 Å². The number of aryl methyl sites for hydroxylation is 1. The summed E-state index contributed by atoms with van der Waals surface area (Å²) in [4.78, 5) is 27.0. The van der Waals surface area contributed by atoms with E-state index >= 15 is 0 Å². The standard InChI is InChI=1S/C27H29N3O3S/c1-3-33-27(32)23-8-5-15-30(17-23)26(31)22-7-4-6-20(16-22)18-34-25-14-13-24(28-29-25)21-11-9-19(2)10-12-21/h4,6-7,9-14,16,23H,3,5,8,15,17-18H2,1-2H3/t23-/m0/s1. The second kappa shape index (κ2) is 11.3. The topological polar surface area (TPSA) is 72.4 Å². The van der Waals surface area contributed by atoms with Crippen molar-refractivity contribution in [3.05, 3.63) is 77.4 Å². The normalized spacial score (nSPS) is 15.7. The Morgan fingerprint density at radius 1 is 1.09 bits per heavy atom. The molecule has 1 aromatic heterocycles. The molecule has 1 aliphatic rings. The molecule has 0 radical (unpaired) electrons. The average Bonchev–Trinajstić information content (AvgIpc) is 2.88. The van der Waals surface area contributed by atoms with Crippen LogP contribution >= 0.6 is 11.8 Å². The lowest BCUT2D eigenvalue weighted by Crippen LogP contribution is -2.42. The number of hydrogen-bond donors (Lipinski definition) is 0. The van der Waals surface area contributed by atoms with Crippen LogP contribution in [-0.2, 0) is 15.3 Å². The van der Waals surface area contributed by atoms with Crippen LogP contribution in [0.1, 0.15) is 41.3 Å². The highest BCUT2D eigenvalue weighted by Gasteiger charge is 2.29. The van der Waals surface area contributed by atoms with Gasteiger partial charge in [0.15, 0.2) is 0 Å². The molecule has 0 aliphatic carbocycles. The van der Waals surface area contributed by atoms with E-state index in [0.29, 0.717) is 31.0 Å². The summed E-state index contributed by atoms with van der Waals surface area (Å²) in [6.45, 7) is 5.31. The highest BCUT2D eigenvalue weighted by atomic mass is 32.2. The molecule has 1 saturated heterocycles. The molecule has 0 bridgehead atoms. The third-order valence-corrected chi connectivity index (χ3v) is 6.87. The van der Waals surface area contributed by atoms with Gasteiger partial charge in [-0.05, 0) is 56.5 Å². The second-order valence-electron chi connectivity index (χ2n) is 8.45. The lowest BCUT2D eigenvalue weighted by atomic mass is 9.97. The number of thioether (sulfide) groups is 1. The van der Waals surface area contributed by atoms with Gasteiger partial charge in [0.1, 0.15) is 5.03 Å². The van der Waals surface area contributed by atoms with Crippen molar-refractivity contribution in [1.29, 1.82) is 0 Å². The summed E-state index contributed by atoms with van der Waals surface area (Å²) < 4.78 is 5.15. The van der Waals surface area contributed by atoms with Gasteiger partial charge in [0.25, 0.3) is 5.91 Å². The van der Waals surface area contributed by atoms with E-state index in [2.05, 4.69) is 29.3 Å². The molecule has 2 aromatic carbocycles. The highest BCUT2D eigenvalue weighted by Crippen LogP contribution is 2.25. The van der Waals surface area contributed by atoms with Crippen LogP contribution in [0, 0.1) is 12.8 Å². The summed E-state index contributed by atoms with van der Waals surface area (Å²) in [5.74, 6) is 0.200. The number of esters is 1. The maximum atomic E-state index is 13.1. The number of aromatic nitrogens is 2. The maximum absolute atomic E-state index is 13.1. The number of carbonyl (C=O) groups excluding carboxylic acids is 2. The summed E-state index contributed by atoms with van der Waals surface area (Å²) in [5.41, 5.74) is 4.79. The van der Waals surface area contributed by atoms with Crippen LogP contribution in [0.5, 0.6) is 0 Å². The van der Waals surface area contributed by atoms with Gasteiger partial charge in [-0.2, -0.15) is 0 Å². The van der Waals surface area contributed by atoms with Crippen LogP contribution in [0.15, 0.2) is 65.7 Å². The maximum Gasteiger partial charge on any atom is 0.310 e. The third kappa shape index (κ3) is 6.03. The molecule has 1 aliphatic heterocycles. The lowest BCUT2D eigenvalue weighted by molar-refractivity contribution is -0.149. The predicted octanol–water partition coefficient (Wildman–Crippen LogP) is 5.16. The van der Waals surface area contributed by atoms with Gasteiger partial charge in [0.2, 0.25) is 0 Å². The zero-order valence-corrected chi connectivity index (χ0v) is 20.4. The molecule has 176 valence electrons. The van der Waals surface area contributed by atoms with Crippen LogP contribution < -0.4 is 0 Å². The SMILES string of the molecule is CCOC(=O)[C@H]1CCCN(C(=O)c2cccc(CSc3ccc(-c4ccc(C)cc4)nn3)c2)C1. The minimum Gasteiger partial charge on any atom is -0.466 e. The molecule has 4 rings (SSSR count). The largest absolute Gasteiger partial charge is 0.466 e. The number of benzene rings is 2. The Morgan fingerprint density at radius 3 is 2.65 bits per heavy atom. The van der Waals surface area contributed by atoms with E-state index in [1.807, 2.05) is 48.5 Å². The number of piperidine rings is 1. The average molecular weight is 476 g/mol. The van der Waals surface area contributed by atoms with E-state index in [9.17, 15) is 9.59 Å². The summed E-state index contributed by atoms with van der Waals surface area (Å²) in [7, 11) is 0. The molecule has 2 heterocycles. The highest BCUT2D eigenvalue weighted by molar-refractivity contribution is 7.98. The minimum absolute atomic E-state index is 0.0388. The fraction of sp³-hybridized carbons (Fsp3) is 0.333. The van der Waals surface area contributed by atoms with Crippen molar-refractivity contribution in [2.45, 2.75) is 37.5 Å². The molecule has 0 saturated carbocycles. The zero-order valence-electron chi connectivity index (χ0n) is 19.6. The Hall–Kier alpha value is -3.19. The smallest absolute Gasteiger partial charge is 0.310 e. The first kappa shape index (κ1) is 24.0. The molecule has 1 atom stereocenters. The number of amides is 1. The number of carbonyl (C=O) groups is 2. The quantitative estimate of drug-likeness (QED) is 0.347. The van der Waals surface area contributed by atoms with Gasteiger partial charge in [0, 0.05) is 30.0 Å². The van der Waals surface area contributed by atoms with Crippen LogP contribution in [0.4, 0.5) is 0 Å². The number of hydrogen-bond acceptors (Lipinski definition) is 6. The Balaban J connectivity index is 1.36. The molecule has 0 N–H and O–H groups in total. The van der Waals surface area contributed by atoms with Gasteiger partial charge in [-0.3, -0.25) is 9.59 Å². The van der Waals surface area contributed by atoms with E-state index in [-0.39, 0.29) is 17.8 Å². The van der Waals surface area contributed by atoms with Gasteiger partial charge in [-0.1, -0.05) is 53.7 Å². The van der Waals surface area contributed by atoms with Gasteiger partial charge in [-0.25, -0.2) is 0 Å². The van der Waals surface area contributed by atoms with Crippen molar-refractivity contribution in [3.63, 3.8) is 0 Å². The molecule has 1 fully saturated rings. The molecule has 0 spiro atoms. The Bertz CT molecular complexity index is 1130. The Labute approximate surface area is 204 Å². The minimum atomic E-state index is -0.238. The fourth-order valence-corrected chi connectivity index (χ4v) is 4.78. The molecule has 7 heteroatoms. The van der Waals surface area contributed by atoms with E-state index in [1.165, 1.54) is 5.56 Å². The number of ether oxygens (including phenoxy) is 1. The van der Waals surface area contributed by atoms with Crippen molar-refractivity contribution in [1.82, 2.24) is 15.1 Å².